The molecule has 3 aromatic rings. The van der Waals surface area contributed by atoms with E-state index in [0.29, 0.717) is 45.2 Å². The van der Waals surface area contributed by atoms with Gasteiger partial charge in [0.25, 0.3) is 0 Å². The quantitative estimate of drug-likeness (QED) is 0.215. The van der Waals surface area contributed by atoms with Crippen molar-refractivity contribution in [3.8, 4) is 0 Å². The predicted octanol–water partition coefficient (Wildman–Crippen LogP) is 4.36. The molecule has 3 rings (SSSR count). The molecule has 0 fully saturated rings. The molecule has 156 valence electrons. The molecule has 0 aliphatic rings. The molecular formula is C21H21ClFN5OS. The van der Waals surface area contributed by atoms with E-state index in [4.69, 9.17) is 27.8 Å². The van der Waals surface area contributed by atoms with Crippen LogP contribution in [0.4, 0.5) is 4.39 Å². The Morgan fingerprint density at radius 2 is 2.07 bits per heavy atom. The molecule has 6 nitrogen and oxygen atoms in total. The number of aryl methyl sites for hydroxylation is 1. The molecule has 0 aliphatic heterocycles. The van der Waals surface area contributed by atoms with E-state index in [1.165, 1.54) is 25.3 Å². The number of halogens is 2. The number of fused-ring (bicyclic) bond motifs is 1. The van der Waals surface area contributed by atoms with Gasteiger partial charge in [-0.2, -0.15) is 4.39 Å². The van der Waals surface area contributed by atoms with E-state index in [-0.39, 0.29) is 0 Å². The average molecular weight is 446 g/mol. The van der Waals surface area contributed by atoms with Crippen molar-refractivity contribution in [2.45, 2.75) is 18.2 Å². The number of nitrogens with two attached hydrogens (primary N) is 2. The first-order chi connectivity index (χ1) is 14.4. The first-order valence-corrected chi connectivity index (χ1v) is 10.3. The summed E-state index contributed by atoms with van der Waals surface area (Å²) in [6.45, 7) is 1.96. The molecule has 0 aliphatic carbocycles. The number of nitrogens with one attached hydrogen (secondary N) is 1. The standard InChI is InChI=1S/C21H21ClFN5OS/c1-3-12-8-13(9-14-11-26-21(23)27-20(12)14)19(25)16(29-2)10-18(24)28-30-17-7-5-4-6-15(17)22/h4-11,28H,3,24-25H2,1-2H3/b18-10+,19-16+. The molecule has 1 heterocycles. The fraction of sp³-hybridized carbons (Fsp3) is 0.143. The number of hydrogen-bond donors (Lipinski definition) is 3. The average Bonchev–Trinajstić information content (AvgIpc) is 2.75. The lowest BCUT2D eigenvalue weighted by atomic mass is 10.0. The molecule has 9 heteroatoms. The van der Waals surface area contributed by atoms with Gasteiger partial charge < -0.3 is 20.9 Å². The zero-order valence-corrected chi connectivity index (χ0v) is 18.0. The summed E-state index contributed by atoms with van der Waals surface area (Å²) in [6.07, 6.45) is 2.93. The summed E-state index contributed by atoms with van der Waals surface area (Å²) in [7, 11) is 1.51. The Balaban J connectivity index is 1.91. The maximum atomic E-state index is 13.4. The lowest BCUT2D eigenvalue weighted by molar-refractivity contribution is 0.307. The van der Waals surface area contributed by atoms with Gasteiger partial charge >= 0.3 is 6.08 Å². The van der Waals surface area contributed by atoms with Crippen molar-refractivity contribution < 1.29 is 9.13 Å². The Labute approximate surface area is 183 Å². The zero-order valence-electron chi connectivity index (χ0n) is 16.4. The van der Waals surface area contributed by atoms with Crippen molar-refractivity contribution in [1.82, 2.24) is 14.7 Å². The number of rotatable bonds is 7. The van der Waals surface area contributed by atoms with Gasteiger partial charge in [-0.3, -0.25) is 0 Å². The molecule has 0 bridgehead atoms. The molecule has 5 N–H and O–H groups in total. The second-order valence-corrected chi connectivity index (χ2v) is 7.54. The third kappa shape index (κ3) is 4.95. The molecule has 30 heavy (non-hydrogen) atoms. The first kappa shape index (κ1) is 21.7. The van der Waals surface area contributed by atoms with Crippen LogP contribution in [-0.4, -0.2) is 17.1 Å². The van der Waals surface area contributed by atoms with E-state index in [2.05, 4.69) is 14.7 Å². The van der Waals surface area contributed by atoms with Crippen LogP contribution in [0, 0.1) is 6.08 Å². The largest absolute Gasteiger partial charge is 0.494 e. The highest BCUT2D eigenvalue weighted by Crippen LogP contribution is 2.26. The number of aromatic nitrogens is 2. The van der Waals surface area contributed by atoms with Crippen LogP contribution in [0.3, 0.4) is 0 Å². The van der Waals surface area contributed by atoms with Gasteiger partial charge in [-0.1, -0.05) is 30.7 Å². The molecule has 0 radical (unpaired) electrons. The summed E-state index contributed by atoms with van der Waals surface area (Å²) in [4.78, 5) is 8.37. The molecule has 2 aromatic carbocycles. The summed E-state index contributed by atoms with van der Waals surface area (Å²) in [5.74, 6) is 0.714. The second-order valence-electron chi connectivity index (χ2n) is 6.28. The van der Waals surface area contributed by atoms with Gasteiger partial charge in [-0.15, -0.1) is 0 Å². The fourth-order valence-corrected chi connectivity index (χ4v) is 3.67. The van der Waals surface area contributed by atoms with Crippen LogP contribution in [-0.2, 0) is 11.2 Å². The Bertz CT molecular complexity index is 1140. The number of benzene rings is 2. The Kier molecular flexibility index (Phi) is 7.02. The molecule has 0 atom stereocenters. The van der Waals surface area contributed by atoms with Gasteiger partial charge in [0, 0.05) is 28.1 Å². The van der Waals surface area contributed by atoms with Crippen LogP contribution in [0.1, 0.15) is 18.1 Å². The fourth-order valence-electron chi connectivity index (χ4n) is 2.82. The third-order valence-corrected chi connectivity index (χ3v) is 5.67. The molecule has 0 spiro atoms. The molecule has 0 amide bonds. The van der Waals surface area contributed by atoms with Crippen molar-refractivity contribution in [3.05, 3.63) is 82.5 Å². The lowest BCUT2D eigenvalue weighted by Crippen LogP contribution is -2.14. The highest BCUT2D eigenvalue weighted by atomic mass is 35.5. The van der Waals surface area contributed by atoms with Crippen LogP contribution in [0.2, 0.25) is 5.02 Å². The number of methoxy groups -OCH3 is 1. The van der Waals surface area contributed by atoms with E-state index < -0.39 is 6.08 Å². The Morgan fingerprint density at radius 3 is 2.77 bits per heavy atom. The minimum Gasteiger partial charge on any atom is -0.494 e. The van der Waals surface area contributed by atoms with Crippen molar-refractivity contribution in [2.24, 2.45) is 11.5 Å². The predicted molar refractivity (Wildman–Crippen MR) is 120 cm³/mol. The van der Waals surface area contributed by atoms with Crippen LogP contribution in [0.5, 0.6) is 0 Å². The monoisotopic (exact) mass is 445 g/mol. The van der Waals surface area contributed by atoms with Gasteiger partial charge in [0.15, 0.2) is 0 Å². The molecule has 0 saturated heterocycles. The summed E-state index contributed by atoms with van der Waals surface area (Å²) in [5.41, 5.74) is 14.9. The van der Waals surface area contributed by atoms with Gasteiger partial charge in [0.1, 0.15) is 11.6 Å². The van der Waals surface area contributed by atoms with Crippen LogP contribution in [0.25, 0.3) is 16.6 Å². The molecule has 0 saturated carbocycles. The molecular weight excluding hydrogens is 425 g/mol. The van der Waals surface area contributed by atoms with Crippen molar-refractivity contribution in [3.63, 3.8) is 0 Å². The Hall–Kier alpha value is -2.97. The van der Waals surface area contributed by atoms with Gasteiger partial charge in [-0.05, 0) is 48.2 Å². The van der Waals surface area contributed by atoms with E-state index in [1.807, 2.05) is 31.2 Å². The minimum atomic E-state index is -0.760. The number of ether oxygens (including phenoxy) is 1. The number of hydrogen-bond acceptors (Lipinski definition) is 7. The van der Waals surface area contributed by atoms with Crippen LogP contribution >= 0.6 is 23.5 Å². The zero-order chi connectivity index (χ0) is 21.7. The maximum absolute atomic E-state index is 13.4. The van der Waals surface area contributed by atoms with E-state index in [1.54, 1.807) is 18.2 Å². The highest BCUT2D eigenvalue weighted by Gasteiger charge is 2.12. The van der Waals surface area contributed by atoms with E-state index in [0.717, 1.165) is 10.5 Å². The lowest BCUT2D eigenvalue weighted by Gasteiger charge is -2.12. The third-order valence-electron chi connectivity index (χ3n) is 4.31. The SMILES string of the molecule is CCc1cc(/C(N)=C(/C=C(\N)NSc2ccccc2Cl)OC)cc2cnc(F)nc12. The van der Waals surface area contributed by atoms with Crippen molar-refractivity contribution in [2.75, 3.05) is 7.11 Å². The first-order valence-electron chi connectivity index (χ1n) is 9.06. The van der Waals surface area contributed by atoms with Gasteiger partial charge in [-0.25, -0.2) is 9.97 Å². The van der Waals surface area contributed by atoms with Crippen molar-refractivity contribution >= 4 is 40.1 Å². The molecule has 0 unspecified atom stereocenters. The van der Waals surface area contributed by atoms with Gasteiger partial charge in [0.05, 0.1) is 23.3 Å². The van der Waals surface area contributed by atoms with E-state index in [9.17, 15) is 4.39 Å². The summed E-state index contributed by atoms with van der Waals surface area (Å²) >= 11 is 7.43. The summed E-state index contributed by atoms with van der Waals surface area (Å²) < 4.78 is 21.9. The molecule has 1 aromatic heterocycles. The normalized spacial score (nSPS) is 12.6. The number of nitrogens with zero attached hydrogens (tertiary/aromatic N) is 2. The van der Waals surface area contributed by atoms with Crippen molar-refractivity contribution in [1.29, 1.82) is 0 Å². The topological polar surface area (TPSA) is 99.1 Å². The number of allylic oxidation sites excluding steroid dienone is 1. The van der Waals surface area contributed by atoms with E-state index >= 15 is 0 Å². The summed E-state index contributed by atoms with van der Waals surface area (Å²) in [5, 5.41) is 1.31. The minimum absolute atomic E-state index is 0.335. The van der Waals surface area contributed by atoms with Gasteiger partial charge in [0.2, 0.25) is 0 Å². The highest BCUT2D eigenvalue weighted by molar-refractivity contribution is 7.97. The smallest absolute Gasteiger partial charge is 0.309 e. The van der Waals surface area contributed by atoms with Crippen LogP contribution in [0.15, 0.2) is 65.1 Å². The Morgan fingerprint density at radius 1 is 1.30 bits per heavy atom. The van der Waals surface area contributed by atoms with Crippen LogP contribution < -0.4 is 16.2 Å². The summed E-state index contributed by atoms with van der Waals surface area (Å²) in [6, 6.07) is 11.1. The maximum Gasteiger partial charge on any atom is 0.309 e. The second kappa shape index (κ2) is 9.69.